The van der Waals surface area contributed by atoms with Gasteiger partial charge in [-0.1, -0.05) is 0 Å². The molecule has 1 heterocycles. The highest BCUT2D eigenvalue weighted by Crippen LogP contribution is 2.25. The number of nitrogens with one attached hydrogen (secondary N) is 1. The van der Waals surface area contributed by atoms with Crippen molar-refractivity contribution in [3.63, 3.8) is 0 Å². The molecule has 2 aromatic carbocycles. The molecule has 0 saturated heterocycles. The van der Waals surface area contributed by atoms with Gasteiger partial charge in [-0.25, -0.2) is 13.2 Å². The Labute approximate surface area is 146 Å². The number of nitrogens with zero attached hydrogens (tertiary/aromatic N) is 1. The van der Waals surface area contributed by atoms with Crippen molar-refractivity contribution in [2.24, 2.45) is 0 Å². The molecule has 0 atom stereocenters. The number of hydrogen-bond acceptors (Lipinski definition) is 3. The van der Waals surface area contributed by atoms with Gasteiger partial charge in [0, 0.05) is 17.2 Å². The highest BCUT2D eigenvalue weighted by molar-refractivity contribution is 6.06. The van der Waals surface area contributed by atoms with E-state index in [2.05, 4.69) is 10.2 Å². The summed E-state index contributed by atoms with van der Waals surface area (Å²) in [5.74, 6) is -2.73. The molecule has 0 unspecified atom stereocenters. The van der Waals surface area contributed by atoms with E-state index in [0.717, 1.165) is 12.1 Å². The van der Waals surface area contributed by atoms with E-state index >= 15 is 0 Å². The minimum atomic E-state index is -1.09. The molecule has 7 heteroatoms. The molecule has 26 heavy (non-hydrogen) atoms. The maximum atomic E-state index is 14.1. The van der Waals surface area contributed by atoms with Crippen molar-refractivity contribution in [2.45, 2.75) is 0 Å². The number of hydrogen-bond donors (Lipinski definition) is 1. The third-order valence-electron chi connectivity index (χ3n) is 3.67. The van der Waals surface area contributed by atoms with Gasteiger partial charge in [0.25, 0.3) is 0 Å². The molecule has 3 aromatic rings. The quantitative estimate of drug-likeness (QED) is 0.543. The van der Waals surface area contributed by atoms with Gasteiger partial charge in [0.15, 0.2) is 17.4 Å². The largest absolute Gasteiger partial charge is 0.497 e. The minimum Gasteiger partial charge on any atom is -0.497 e. The Hall–Kier alpha value is -3.35. The summed E-state index contributed by atoms with van der Waals surface area (Å²) >= 11 is 0. The number of carbonyl (C=O) groups is 1. The van der Waals surface area contributed by atoms with Crippen LogP contribution in [-0.4, -0.2) is 23.1 Å². The maximum Gasteiger partial charge on any atom is 0.186 e. The van der Waals surface area contributed by atoms with E-state index in [1.54, 1.807) is 12.1 Å². The first-order valence-electron chi connectivity index (χ1n) is 7.54. The molecule has 0 spiro atoms. The summed E-state index contributed by atoms with van der Waals surface area (Å²) in [7, 11) is 1.44. The highest BCUT2D eigenvalue weighted by Gasteiger charge is 2.10. The minimum absolute atomic E-state index is 0.0149. The molecule has 1 aromatic heterocycles. The van der Waals surface area contributed by atoms with Gasteiger partial charge in [-0.15, -0.1) is 0 Å². The fraction of sp³-hybridized carbons (Fsp3) is 0.0526. The predicted octanol–water partition coefficient (Wildman–Crippen LogP) is 4.40. The van der Waals surface area contributed by atoms with Crippen molar-refractivity contribution < 1.29 is 22.7 Å². The standard InChI is InChI=1S/C19H13F3N2O2/c1-26-13-4-5-14(16(21)10-13)18-9-12(23-24-18)3-7-19(25)11-2-6-15(20)17(22)8-11/h2-10H,1H3,(H,23,24)/b7-3+. The Morgan fingerprint density at radius 1 is 1.04 bits per heavy atom. The van der Waals surface area contributed by atoms with Crippen LogP contribution in [0.4, 0.5) is 13.2 Å². The van der Waals surface area contributed by atoms with Crippen molar-refractivity contribution in [1.29, 1.82) is 0 Å². The Morgan fingerprint density at radius 2 is 1.85 bits per heavy atom. The SMILES string of the molecule is COc1ccc(-c2cc(/C=C/C(=O)c3ccc(F)c(F)c3)[nH]n2)c(F)c1. The van der Waals surface area contributed by atoms with E-state index in [0.29, 0.717) is 17.1 Å². The van der Waals surface area contributed by atoms with Gasteiger partial charge in [-0.2, -0.15) is 5.10 Å². The summed E-state index contributed by atoms with van der Waals surface area (Å²) in [5, 5.41) is 6.67. The number of H-pyrrole nitrogens is 1. The first kappa shape index (κ1) is 17.5. The molecular formula is C19H13F3N2O2. The zero-order valence-electron chi connectivity index (χ0n) is 13.6. The van der Waals surface area contributed by atoms with Gasteiger partial charge in [0.1, 0.15) is 11.6 Å². The van der Waals surface area contributed by atoms with Crippen molar-refractivity contribution in [1.82, 2.24) is 10.2 Å². The molecule has 3 rings (SSSR count). The third-order valence-corrected chi connectivity index (χ3v) is 3.67. The van der Waals surface area contributed by atoms with Crippen LogP contribution in [0.25, 0.3) is 17.3 Å². The fourth-order valence-corrected chi connectivity index (χ4v) is 2.30. The normalized spacial score (nSPS) is 11.1. The Balaban J connectivity index is 1.78. The molecular weight excluding hydrogens is 345 g/mol. The number of carbonyl (C=O) groups excluding carboxylic acids is 1. The van der Waals surface area contributed by atoms with Crippen LogP contribution in [0.5, 0.6) is 5.75 Å². The number of ketones is 1. The number of methoxy groups -OCH3 is 1. The highest BCUT2D eigenvalue weighted by atomic mass is 19.2. The average molecular weight is 358 g/mol. The Bertz CT molecular complexity index is 996. The number of halogens is 3. The van der Waals surface area contributed by atoms with Crippen molar-refractivity contribution >= 4 is 11.9 Å². The number of rotatable bonds is 5. The summed E-state index contributed by atoms with van der Waals surface area (Å²) in [6.07, 6.45) is 2.61. The lowest BCUT2D eigenvalue weighted by Gasteiger charge is -2.02. The molecule has 0 aliphatic carbocycles. The Morgan fingerprint density at radius 3 is 2.54 bits per heavy atom. The van der Waals surface area contributed by atoms with Crippen LogP contribution in [0.3, 0.4) is 0 Å². The van der Waals surface area contributed by atoms with E-state index in [9.17, 15) is 18.0 Å². The van der Waals surface area contributed by atoms with Crippen LogP contribution in [0.15, 0.2) is 48.5 Å². The Kier molecular flexibility index (Phi) is 4.88. The van der Waals surface area contributed by atoms with Crippen molar-refractivity contribution in [3.8, 4) is 17.0 Å². The summed E-state index contributed by atoms with van der Waals surface area (Å²) in [6, 6.07) is 8.84. The van der Waals surface area contributed by atoms with Gasteiger partial charge in [-0.05, 0) is 48.6 Å². The summed E-state index contributed by atoms with van der Waals surface area (Å²) < 4.78 is 45.1. The number of benzene rings is 2. The van der Waals surface area contributed by atoms with Crippen LogP contribution >= 0.6 is 0 Å². The van der Waals surface area contributed by atoms with Crippen LogP contribution in [0.2, 0.25) is 0 Å². The summed E-state index contributed by atoms with van der Waals surface area (Å²) in [4.78, 5) is 12.0. The summed E-state index contributed by atoms with van der Waals surface area (Å²) in [5.41, 5.74) is 1.09. The molecule has 0 amide bonds. The molecule has 132 valence electrons. The van der Waals surface area contributed by atoms with Gasteiger partial charge in [-0.3, -0.25) is 9.89 Å². The predicted molar refractivity (Wildman–Crippen MR) is 90.3 cm³/mol. The van der Waals surface area contributed by atoms with Crippen LogP contribution < -0.4 is 4.74 Å². The van der Waals surface area contributed by atoms with Gasteiger partial charge in [0.2, 0.25) is 0 Å². The number of aromatic nitrogens is 2. The van der Waals surface area contributed by atoms with Crippen molar-refractivity contribution in [3.05, 3.63) is 77.2 Å². The first-order valence-corrected chi connectivity index (χ1v) is 7.54. The maximum absolute atomic E-state index is 14.1. The topological polar surface area (TPSA) is 55.0 Å². The monoisotopic (exact) mass is 358 g/mol. The van der Waals surface area contributed by atoms with E-state index in [4.69, 9.17) is 4.74 Å². The average Bonchev–Trinajstić information content (AvgIpc) is 3.10. The molecule has 0 aliphatic rings. The van der Waals surface area contributed by atoms with Crippen LogP contribution in [0.1, 0.15) is 16.1 Å². The van der Waals surface area contributed by atoms with Crippen molar-refractivity contribution in [2.75, 3.05) is 7.11 Å². The second kappa shape index (κ2) is 7.26. The van der Waals surface area contributed by atoms with Gasteiger partial charge in [0.05, 0.1) is 18.5 Å². The molecule has 0 fully saturated rings. The van der Waals surface area contributed by atoms with E-state index in [1.807, 2.05) is 0 Å². The third kappa shape index (κ3) is 3.66. The van der Waals surface area contributed by atoms with Gasteiger partial charge >= 0.3 is 0 Å². The lowest BCUT2D eigenvalue weighted by Crippen LogP contribution is -1.96. The van der Waals surface area contributed by atoms with E-state index in [1.165, 1.54) is 37.5 Å². The van der Waals surface area contributed by atoms with E-state index in [-0.39, 0.29) is 11.1 Å². The number of allylic oxidation sites excluding steroid dienone is 1. The number of aromatic amines is 1. The summed E-state index contributed by atoms with van der Waals surface area (Å²) in [6.45, 7) is 0. The van der Waals surface area contributed by atoms with E-state index < -0.39 is 23.2 Å². The van der Waals surface area contributed by atoms with Crippen LogP contribution in [0, 0.1) is 17.5 Å². The second-order valence-corrected chi connectivity index (χ2v) is 5.38. The zero-order chi connectivity index (χ0) is 18.7. The van der Waals surface area contributed by atoms with Gasteiger partial charge < -0.3 is 4.74 Å². The first-order chi connectivity index (χ1) is 12.5. The molecule has 0 saturated carbocycles. The smallest absolute Gasteiger partial charge is 0.186 e. The molecule has 1 N–H and O–H groups in total. The second-order valence-electron chi connectivity index (χ2n) is 5.38. The molecule has 0 radical (unpaired) electrons. The molecule has 0 bridgehead atoms. The lowest BCUT2D eigenvalue weighted by atomic mass is 10.1. The molecule has 4 nitrogen and oxygen atoms in total. The number of ether oxygens (including phenoxy) is 1. The fourth-order valence-electron chi connectivity index (χ4n) is 2.30. The van der Waals surface area contributed by atoms with Crippen LogP contribution in [-0.2, 0) is 0 Å². The lowest BCUT2D eigenvalue weighted by molar-refractivity contribution is 0.104. The molecule has 0 aliphatic heterocycles. The zero-order valence-corrected chi connectivity index (χ0v) is 13.6.